The van der Waals surface area contributed by atoms with Crippen LogP contribution >= 0.6 is 11.6 Å². The van der Waals surface area contributed by atoms with Crippen molar-refractivity contribution in [1.29, 1.82) is 0 Å². The second-order valence-corrected chi connectivity index (χ2v) is 5.45. The van der Waals surface area contributed by atoms with E-state index in [4.69, 9.17) is 17.3 Å². The van der Waals surface area contributed by atoms with Gasteiger partial charge in [-0.05, 0) is 36.6 Å². The molecule has 1 rings (SSSR count). The molecule has 0 spiro atoms. The second kappa shape index (κ2) is 7.87. The molecule has 0 aromatic heterocycles. The van der Waals surface area contributed by atoms with E-state index >= 15 is 0 Å². The Balaban J connectivity index is 2.36. The number of benzene rings is 1. The van der Waals surface area contributed by atoms with Crippen molar-refractivity contribution < 1.29 is 9.59 Å². The summed E-state index contributed by atoms with van der Waals surface area (Å²) in [5, 5.41) is 5.76. The van der Waals surface area contributed by atoms with Crippen molar-refractivity contribution in [2.45, 2.75) is 26.3 Å². The zero-order chi connectivity index (χ0) is 15.1. The van der Waals surface area contributed by atoms with Gasteiger partial charge in [-0.2, -0.15) is 0 Å². The predicted octanol–water partition coefficient (Wildman–Crippen LogP) is 1.77. The SMILES string of the molecule is CC(C)C[C@H](N)C(=O)NCC(=O)Nc1ccc(Cl)cc1. The third kappa shape index (κ3) is 6.04. The third-order valence-corrected chi connectivity index (χ3v) is 2.87. The van der Waals surface area contributed by atoms with E-state index in [-0.39, 0.29) is 18.4 Å². The van der Waals surface area contributed by atoms with Gasteiger partial charge in [0, 0.05) is 10.7 Å². The van der Waals surface area contributed by atoms with Gasteiger partial charge in [0.15, 0.2) is 0 Å². The van der Waals surface area contributed by atoms with Gasteiger partial charge in [-0.25, -0.2) is 0 Å². The molecule has 0 aliphatic carbocycles. The van der Waals surface area contributed by atoms with Crippen LogP contribution in [-0.2, 0) is 9.59 Å². The summed E-state index contributed by atoms with van der Waals surface area (Å²) in [5.74, 6) is -0.291. The maximum atomic E-state index is 11.6. The minimum Gasteiger partial charge on any atom is -0.346 e. The summed E-state index contributed by atoms with van der Waals surface area (Å²) in [4.78, 5) is 23.3. The molecule has 0 radical (unpaired) electrons. The topological polar surface area (TPSA) is 84.2 Å². The number of nitrogens with one attached hydrogen (secondary N) is 2. The van der Waals surface area contributed by atoms with Crippen LogP contribution in [0.4, 0.5) is 5.69 Å². The fourth-order valence-corrected chi connectivity index (χ4v) is 1.78. The number of carbonyl (C=O) groups excluding carboxylic acids is 2. The molecule has 0 bridgehead atoms. The maximum absolute atomic E-state index is 11.6. The van der Waals surface area contributed by atoms with Crippen LogP contribution in [0.5, 0.6) is 0 Å². The molecule has 110 valence electrons. The molecular weight excluding hydrogens is 278 g/mol. The van der Waals surface area contributed by atoms with Crippen LogP contribution in [0.3, 0.4) is 0 Å². The first-order valence-corrected chi connectivity index (χ1v) is 6.85. The number of hydrogen-bond donors (Lipinski definition) is 3. The van der Waals surface area contributed by atoms with Gasteiger partial charge in [-0.3, -0.25) is 9.59 Å². The smallest absolute Gasteiger partial charge is 0.243 e. The zero-order valence-electron chi connectivity index (χ0n) is 11.7. The van der Waals surface area contributed by atoms with E-state index in [9.17, 15) is 9.59 Å². The first-order chi connectivity index (χ1) is 9.38. The monoisotopic (exact) mass is 297 g/mol. The van der Waals surface area contributed by atoms with Gasteiger partial charge in [0.1, 0.15) is 0 Å². The first-order valence-electron chi connectivity index (χ1n) is 6.47. The van der Waals surface area contributed by atoms with Gasteiger partial charge in [0.2, 0.25) is 11.8 Å². The Labute approximate surface area is 123 Å². The van der Waals surface area contributed by atoms with Crippen LogP contribution < -0.4 is 16.4 Å². The summed E-state index contributed by atoms with van der Waals surface area (Å²) >= 11 is 5.74. The van der Waals surface area contributed by atoms with Crippen molar-refractivity contribution in [2.24, 2.45) is 11.7 Å². The molecule has 0 heterocycles. The van der Waals surface area contributed by atoms with E-state index < -0.39 is 6.04 Å². The summed E-state index contributed by atoms with van der Waals surface area (Å²) in [6.45, 7) is 3.87. The fraction of sp³-hybridized carbons (Fsp3) is 0.429. The lowest BCUT2D eigenvalue weighted by atomic mass is 10.0. The molecule has 1 aromatic carbocycles. The highest BCUT2D eigenvalue weighted by Crippen LogP contribution is 2.13. The Kier molecular flexibility index (Phi) is 6.48. The van der Waals surface area contributed by atoms with E-state index in [2.05, 4.69) is 10.6 Å². The highest BCUT2D eigenvalue weighted by molar-refractivity contribution is 6.30. The lowest BCUT2D eigenvalue weighted by molar-refractivity contribution is -0.125. The summed E-state index contributed by atoms with van der Waals surface area (Å²) < 4.78 is 0. The minimum atomic E-state index is -0.585. The number of hydrogen-bond acceptors (Lipinski definition) is 3. The van der Waals surface area contributed by atoms with Crippen LogP contribution in [-0.4, -0.2) is 24.4 Å². The van der Waals surface area contributed by atoms with Gasteiger partial charge in [0.05, 0.1) is 12.6 Å². The highest BCUT2D eigenvalue weighted by Gasteiger charge is 2.15. The number of halogens is 1. The van der Waals surface area contributed by atoms with E-state index in [0.29, 0.717) is 23.0 Å². The molecule has 4 N–H and O–H groups in total. The Hall–Kier alpha value is -1.59. The van der Waals surface area contributed by atoms with Crippen molar-refractivity contribution >= 4 is 29.1 Å². The molecule has 20 heavy (non-hydrogen) atoms. The average molecular weight is 298 g/mol. The van der Waals surface area contributed by atoms with Crippen molar-refractivity contribution in [2.75, 3.05) is 11.9 Å². The van der Waals surface area contributed by atoms with E-state index in [1.54, 1.807) is 24.3 Å². The number of anilines is 1. The molecule has 1 atom stereocenters. The molecule has 6 heteroatoms. The minimum absolute atomic E-state index is 0.104. The van der Waals surface area contributed by atoms with Gasteiger partial charge >= 0.3 is 0 Å². The number of nitrogens with two attached hydrogens (primary N) is 1. The Morgan fingerprint density at radius 3 is 2.40 bits per heavy atom. The van der Waals surface area contributed by atoms with Crippen LogP contribution in [0.1, 0.15) is 20.3 Å². The van der Waals surface area contributed by atoms with Crippen molar-refractivity contribution in [3.63, 3.8) is 0 Å². The number of rotatable bonds is 6. The van der Waals surface area contributed by atoms with Crippen LogP contribution in [0, 0.1) is 5.92 Å². The van der Waals surface area contributed by atoms with Crippen LogP contribution in [0.25, 0.3) is 0 Å². The lowest BCUT2D eigenvalue weighted by Crippen LogP contribution is -2.44. The molecule has 1 aromatic rings. The molecule has 2 amide bonds. The van der Waals surface area contributed by atoms with Crippen LogP contribution in [0.15, 0.2) is 24.3 Å². The quantitative estimate of drug-likeness (QED) is 0.748. The summed E-state index contributed by atoms with van der Waals surface area (Å²) in [7, 11) is 0. The predicted molar refractivity (Wildman–Crippen MR) is 80.5 cm³/mol. The van der Waals surface area contributed by atoms with Crippen molar-refractivity contribution in [1.82, 2.24) is 5.32 Å². The van der Waals surface area contributed by atoms with E-state index in [1.165, 1.54) is 0 Å². The van der Waals surface area contributed by atoms with Gasteiger partial charge in [-0.1, -0.05) is 25.4 Å². The van der Waals surface area contributed by atoms with Crippen molar-refractivity contribution in [3.05, 3.63) is 29.3 Å². The maximum Gasteiger partial charge on any atom is 0.243 e. The molecule has 0 aliphatic heterocycles. The molecule has 0 aliphatic rings. The van der Waals surface area contributed by atoms with Gasteiger partial charge in [-0.15, -0.1) is 0 Å². The Morgan fingerprint density at radius 2 is 1.85 bits per heavy atom. The number of amides is 2. The van der Waals surface area contributed by atoms with Gasteiger partial charge < -0.3 is 16.4 Å². The largest absolute Gasteiger partial charge is 0.346 e. The Morgan fingerprint density at radius 1 is 1.25 bits per heavy atom. The standard InChI is InChI=1S/C14H20ClN3O2/c1-9(2)7-12(16)14(20)17-8-13(19)18-11-5-3-10(15)4-6-11/h3-6,9,12H,7-8,16H2,1-2H3,(H,17,20)(H,18,19)/t12-/m0/s1. The average Bonchev–Trinajstić information content (AvgIpc) is 2.38. The molecule has 0 fully saturated rings. The van der Waals surface area contributed by atoms with Crippen LogP contribution in [0.2, 0.25) is 5.02 Å². The lowest BCUT2D eigenvalue weighted by Gasteiger charge is -2.14. The molecule has 0 saturated carbocycles. The zero-order valence-corrected chi connectivity index (χ0v) is 12.4. The van der Waals surface area contributed by atoms with Gasteiger partial charge in [0.25, 0.3) is 0 Å². The Bertz CT molecular complexity index is 460. The molecule has 0 saturated heterocycles. The summed E-state index contributed by atoms with van der Waals surface area (Å²) in [5.41, 5.74) is 6.34. The molecular formula is C14H20ClN3O2. The molecule has 5 nitrogen and oxygen atoms in total. The summed E-state index contributed by atoms with van der Waals surface area (Å²) in [6, 6.07) is 6.14. The normalized spacial score (nSPS) is 12.1. The highest BCUT2D eigenvalue weighted by atomic mass is 35.5. The van der Waals surface area contributed by atoms with E-state index in [1.807, 2.05) is 13.8 Å². The van der Waals surface area contributed by atoms with E-state index in [0.717, 1.165) is 0 Å². The summed E-state index contributed by atoms with van der Waals surface area (Å²) in [6.07, 6.45) is 0.588. The fourth-order valence-electron chi connectivity index (χ4n) is 1.65. The first kappa shape index (κ1) is 16.5. The second-order valence-electron chi connectivity index (χ2n) is 5.01. The molecule has 0 unspecified atom stereocenters. The third-order valence-electron chi connectivity index (χ3n) is 2.61. The van der Waals surface area contributed by atoms with Crippen molar-refractivity contribution in [3.8, 4) is 0 Å². The number of carbonyl (C=O) groups is 2.